The summed E-state index contributed by atoms with van der Waals surface area (Å²) in [6, 6.07) is 3.87. The monoisotopic (exact) mass is 218 g/mol. The highest BCUT2D eigenvalue weighted by Crippen LogP contribution is 2.17. The summed E-state index contributed by atoms with van der Waals surface area (Å²) in [6.45, 7) is 0. The lowest BCUT2D eigenvalue weighted by Gasteiger charge is -2.01. The van der Waals surface area contributed by atoms with E-state index < -0.39 is 5.82 Å². The first-order chi connectivity index (χ1) is 6.15. The fraction of sp³-hybridized carbons (Fsp3) is 0.222. The molecule has 0 unspecified atom stereocenters. The molecule has 0 N–H and O–H groups in total. The normalized spacial score (nSPS) is 10.1. The molecule has 13 heavy (non-hydrogen) atoms. The van der Waals surface area contributed by atoms with Crippen LogP contribution in [0.3, 0.4) is 0 Å². The summed E-state index contributed by atoms with van der Waals surface area (Å²) >= 11 is 9.41. The number of hydrogen-bond acceptors (Lipinski definition) is 2. The van der Waals surface area contributed by atoms with Gasteiger partial charge < -0.3 is 0 Å². The fourth-order valence-corrected chi connectivity index (χ4v) is 1.46. The zero-order valence-electron chi connectivity index (χ0n) is 6.76. The molecule has 0 aliphatic carbocycles. The molecule has 0 amide bonds. The number of hydrogen-bond donors (Lipinski definition) is 1. The number of carbonyl (C=O) groups is 1. The van der Waals surface area contributed by atoms with Crippen LogP contribution in [-0.4, -0.2) is 11.7 Å². The van der Waals surface area contributed by atoms with E-state index in [1.165, 1.54) is 18.2 Å². The summed E-state index contributed by atoms with van der Waals surface area (Å²) in [7, 11) is 0. The van der Waals surface area contributed by atoms with Gasteiger partial charge in [-0.25, -0.2) is 4.39 Å². The average molecular weight is 219 g/mol. The van der Waals surface area contributed by atoms with Gasteiger partial charge in [0, 0.05) is 22.8 Å². The standard InChI is InChI=1S/C9H8ClFOS/c10-4-3-8(12)7-2-1-6(11)5-9(7)13/h1-2,5,13H,3-4H2. The number of halogens is 2. The third-order valence-electron chi connectivity index (χ3n) is 1.58. The molecule has 0 spiro atoms. The molecule has 0 saturated heterocycles. The Morgan fingerprint density at radius 2 is 2.23 bits per heavy atom. The van der Waals surface area contributed by atoms with Crippen LogP contribution >= 0.6 is 24.2 Å². The summed E-state index contributed by atoms with van der Waals surface area (Å²) in [6.07, 6.45) is 0.251. The van der Waals surface area contributed by atoms with Crippen molar-refractivity contribution in [1.82, 2.24) is 0 Å². The van der Waals surface area contributed by atoms with Gasteiger partial charge in [-0.15, -0.1) is 24.2 Å². The van der Waals surface area contributed by atoms with Crippen molar-refractivity contribution in [2.24, 2.45) is 0 Å². The van der Waals surface area contributed by atoms with E-state index in [0.717, 1.165) is 0 Å². The van der Waals surface area contributed by atoms with Crippen molar-refractivity contribution >= 4 is 30.0 Å². The van der Waals surface area contributed by atoms with Crippen molar-refractivity contribution < 1.29 is 9.18 Å². The first kappa shape index (κ1) is 10.5. The third kappa shape index (κ3) is 2.71. The smallest absolute Gasteiger partial charge is 0.165 e. The molecule has 0 fully saturated rings. The quantitative estimate of drug-likeness (QED) is 0.469. The minimum Gasteiger partial charge on any atom is -0.294 e. The summed E-state index contributed by atoms with van der Waals surface area (Å²) in [5.74, 6) is -0.240. The lowest BCUT2D eigenvalue weighted by molar-refractivity contribution is 0.0986. The second-order valence-electron chi connectivity index (χ2n) is 2.52. The fourth-order valence-electron chi connectivity index (χ4n) is 0.961. The predicted molar refractivity (Wildman–Crippen MR) is 53.3 cm³/mol. The van der Waals surface area contributed by atoms with E-state index in [1.807, 2.05) is 0 Å². The second kappa shape index (κ2) is 4.63. The minimum atomic E-state index is -0.396. The zero-order chi connectivity index (χ0) is 9.84. The van der Waals surface area contributed by atoms with Crippen molar-refractivity contribution in [3.8, 4) is 0 Å². The molecule has 1 aromatic carbocycles. The van der Waals surface area contributed by atoms with Crippen LogP contribution in [0.1, 0.15) is 16.8 Å². The summed E-state index contributed by atoms with van der Waals surface area (Å²) in [5.41, 5.74) is 0.422. The van der Waals surface area contributed by atoms with E-state index in [1.54, 1.807) is 0 Å². The second-order valence-corrected chi connectivity index (χ2v) is 3.38. The molecule has 70 valence electrons. The highest BCUT2D eigenvalue weighted by Gasteiger charge is 2.08. The third-order valence-corrected chi connectivity index (χ3v) is 2.14. The molecule has 0 heterocycles. The molecule has 0 aromatic heterocycles. The molecular weight excluding hydrogens is 211 g/mol. The first-order valence-electron chi connectivity index (χ1n) is 3.73. The lowest BCUT2D eigenvalue weighted by Crippen LogP contribution is -2.01. The molecule has 1 nitrogen and oxygen atoms in total. The number of rotatable bonds is 3. The lowest BCUT2D eigenvalue weighted by atomic mass is 10.1. The topological polar surface area (TPSA) is 17.1 Å². The van der Waals surface area contributed by atoms with Gasteiger partial charge in [-0.2, -0.15) is 0 Å². The van der Waals surface area contributed by atoms with Gasteiger partial charge >= 0.3 is 0 Å². The van der Waals surface area contributed by atoms with Gasteiger partial charge in [-0.3, -0.25) is 4.79 Å². The SMILES string of the molecule is O=C(CCCl)c1ccc(F)cc1S. The number of carbonyl (C=O) groups excluding carboxylic acids is 1. The van der Waals surface area contributed by atoms with Gasteiger partial charge in [0.15, 0.2) is 5.78 Å². The van der Waals surface area contributed by atoms with Crippen LogP contribution in [0.15, 0.2) is 23.1 Å². The van der Waals surface area contributed by atoms with Crippen molar-refractivity contribution in [3.05, 3.63) is 29.6 Å². The molecule has 0 atom stereocenters. The van der Waals surface area contributed by atoms with Crippen LogP contribution < -0.4 is 0 Å². The number of Topliss-reactive ketones (excluding diaryl/α,β-unsaturated/α-hetero) is 1. The highest BCUT2D eigenvalue weighted by atomic mass is 35.5. The van der Waals surface area contributed by atoms with Crippen molar-refractivity contribution in [2.45, 2.75) is 11.3 Å². The number of alkyl halides is 1. The highest BCUT2D eigenvalue weighted by molar-refractivity contribution is 7.80. The van der Waals surface area contributed by atoms with Gasteiger partial charge in [0.1, 0.15) is 5.82 Å². The summed E-state index contributed by atoms with van der Waals surface area (Å²) < 4.78 is 12.6. The summed E-state index contributed by atoms with van der Waals surface area (Å²) in [5, 5.41) is 0. The van der Waals surface area contributed by atoms with Crippen molar-refractivity contribution in [2.75, 3.05) is 5.88 Å². The van der Waals surface area contributed by atoms with E-state index >= 15 is 0 Å². The Labute approximate surface area is 86.3 Å². The zero-order valence-corrected chi connectivity index (χ0v) is 8.41. The Hall–Kier alpha value is -0.540. The van der Waals surface area contributed by atoms with Gasteiger partial charge in [0.25, 0.3) is 0 Å². The summed E-state index contributed by atoms with van der Waals surface area (Å²) in [4.78, 5) is 11.7. The predicted octanol–water partition coefficient (Wildman–Crippen LogP) is 2.93. The maximum absolute atomic E-state index is 12.6. The Bertz CT molecular complexity index is 327. The molecule has 0 bridgehead atoms. The first-order valence-corrected chi connectivity index (χ1v) is 4.71. The van der Waals surface area contributed by atoms with Gasteiger partial charge in [0.2, 0.25) is 0 Å². The van der Waals surface area contributed by atoms with E-state index in [4.69, 9.17) is 11.6 Å². The molecule has 4 heteroatoms. The van der Waals surface area contributed by atoms with Crippen LogP contribution in [-0.2, 0) is 0 Å². The van der Waals surface area contributed by atoms with E-state index in [0.29, 0.717) is 10.5 Å². The Morgan fingerprint density at radius 3 is 2.77 bits per heavy atom. The number of benzene rings is 1. The van der Waals surface area contributed by atoms with Gasteiger partial charge in [0.05, 0.1) is 0 Å². The van der Waals surface area contributed by atoms with Crippen molar-refractivity contribution in [1.29, 1.82) is 0 Å². The molecule has 0 aliphatic rings. The van der Waals surface area contributed by atoms with Crippen LogP contribution in [0.4, 0.5) is 4.39 Å². The van der Waals surface area contributed by atoms with Crippen molar-refractivity contribution in [3.63, 3.8) is 0 Å². The number of ketones is 1. The van der Waals surface area contributed by atoms with E-state index in [-0.39, 0.29) is 18.1 Å². The Morgan fingerprint density at radius 1 is 1.54 bits per heavy atom. The largest absolute Gasteiger partial charge is 0.294 e. The minimum absolute atomic E-state index is 0.111. The van der Waals surface area contributed by atoms with Crippen LogP contribution in [0, 0.1) is 5.82 Å². The molecule has 1 aromatic rings. The Kier molecular flexibility index (Phi) is 3.75. The van der Waals surface area contributed by atoms with Gasteiger partial charge in [-0.1, -0.05) is 0 Å². The molecule has 0 saturated carbocycles. The Balaban J connectivity index is 2.95. The molecular formula is C9H8ClFOS. The van der Waals surface area contributed by atoms with Crippen LogP contribution in [0.25, 0.3) is 0 Å². The maximum atomic E-state index is 12.6. The van der Waals surface area contributed by atoms with Crippen LogP contribution in [0.5, 0.6) is 0 Å². The molecule has 0 aliphatic heterocycles. The van der Waals surface area contributed by atoms with Gasteiger partial charge in [-0.05, 0) is 18.2 Å². The van der Waals surface area contributed by atoms with Crippen LogP contribution in [0.2, 0.25) is 0 Å². The molecule has 0 radical (unpaired) electrons. The average Bonchev–Trinajstić information content (AvgIpc) is 2.04. The maximum Gasteiger partial charge on any atom is 0.165 e. The molecule has 1 rings (SSSR count). The number of thiol groups is 1. The van der Waals surface area contributed by atoms with E-state index in [9.17, 15) is 9.18 Å². The van der Waals surface area contributed by atoms with E-state index in [2.05, 4.69) is 12.6 Å².